The fraction of sp³-hybridized carbons (Fsp3) is 0.444. The van der Waals surface area contributed by atoms with Crippen LogP contribution in [0, 0.1) is 0 Å². The number of halogens is 1. The van der Waals surface area contributed by atoms with Crippen LogP contribution in [-0.2, 0) is 5.41 Å². The fourth-order valence-electron chi connectivity index (χ4n) is 1.38. The standard InChI is InChI=1S/C9H10BrNO/c10-8-2-1-7(5-11-8)9(6-12)3-4-9/h1-2,5,12H,3-4,6H2. The highest BCUT2D eigenvalue weighted by Crippen LogP contribution is 2.47. The van der Waals surface area contributed by atoms with E-state index in [1.54, 1.807) is 0 Å². The van der Waals surface area contributed by atoms with Crippen LogP contribution in [0.2, 0.25) is 0 Å². The summed E-state index contributed by atoms with van der Waals surface area (Å²) in [7, 11) is 0. The van der Waals surface area contributed by atoms with Crippen LogP contribution in [0.1, 0.15) is 18.4 Å². The zero-order valence-corrected chi connectivity index (χ0v) is 8.21. The first-order valence-corrected chi connectivity index (χ1v) is 4.79. The zero-order chi connectivity index (χ0) is 8.60. The van der Waals surface area contributed by atoms with Gasteiger partial charge in [0.1, 0.15) is 4.60 Å². The van der Waals surface area contributed by atoms with Crippen LogP contribution >= 0.6 is 15.9 Å². The maximum absolute atomic E-state index is 9.14. The third-order valence-corrected chi connectivity index (χ3v) is 2.97. The molecule has 1 aromatic rings. The lowest BCUT2D eigenvalue weighted by atomic mass is 9.99. The summed E-state index contributed by atoms with van der Waals surface area (Å²) in [5.74, 6) is 0. The fourth-order valence-corrected chi connectivity index (χ4v) is 1.61. The summed E-state index contributed by atoms with van der Waals surface area (Å²) in [6.45, 7) is 0.246. The maximum atomic E-state index is 9.14. The maximum Gasteiger partial charge on any atom is 0.106 e. The van der Waals surface area contributed by atoms with Crippen molar-refractivity contribution in [2.75, 3.05) is 6.61 Å². The van der Waals surface area contributed by atoms with E-state index in [4.69, 9.17) is 5.11 Å². The van der Waals surface area contributed by atoms with Gasteiger partial charge in [0.05, 0.1) is 6.61 Å². The van der Waals surface area contributed by atoms with Crippen molar-refractivity contribution >= 4 is 15.9 Å². The van der Waals surface area contributed by atoms with Crippen molar-refractivity contribution in [2.24, 2.45) is 0 Å². The van der Waals surface area contributed by atoms with Crippen LogP contribution < -0.4 is 0 Å². The summed E-state index contributed by atoms with van der Waals surface area (Å²) in [6, 6.07) is 3.95. The van der Waals surface area contributed by atoms with Gasteiger partial charge in [0, 0.05) is 11.6 Å². The van der Waals surface area contributed by atoms with Crippen molar-refractivity contribution in [3.8, 4) is 0 Å². The molecular formula is C9H10BrNO. The molecule has 0 saturated heterocycles. The second kappa shape index (κ2) is 2.82. The quantitative estimate of drug-likeness (QED) is 0.784. The second-order valence-electron chi connectivity index (χ2n) is 3.31. The molecule has 1 aromatic heterocycles. The summed E-state index contributed by atoms with van der Waals surface area (Å²) < 4.78 is 0.847. The minimum Gasteiger partial charge on any atom is -0.395 e. The Kier molecular flexibility index (Phi) is 1.93. The Bertz CT molecular complexity index is 279. The van der Waals surface area contributed by atoms with E-state index in [0.29, 0.717) is 0 Å². The number of aromatic nitrogens is 1. The number of aliphatic hydroxyl groups is 1. The molecule has 1 N–H and O–H groups in total. The molecule has 3 heteroatoms. The Morgan fingerprint density at radius 2 is 2.25 bits per heavy atom. The molecule has 2 rings (SSSR count). The Morgan fingerprint density at radius 3 is 2.67 bits per heavy atom. The molecule has 12 heavy (non-hydrogen) atoms. The molecule has 1 aliphatic rings. The molecule has 0 aliphatic heterocycles. The highest BCUT2D eigenvalue weighted by Gasteiger charge is 2.43. The molecule has 0 bridgehead atoms. The Balaban J connectivity index is 2.29. The molecule has 1 fully saturated rings. The predicted octanol–water partition coefficient (Wildman–Crippen LogP) is 1.87. The van der Waals surface area contributed by atoms with Crippen LogP contribution in [-0.4, -0.2) is 16.7 Å². The Morgan fingerprint density at radius 1 is 1.50 bits per heavy atom. The van der Waals surface area contributed by atoms with Gasteiger partial charge >= 0.3 is 0 Å². The average Bonchev–Trinajstić information content (AvgIpc) is 2.86. The van der Waals surface area contributed by atoms with Crippen LogP contribution in [0.3, 0.4) is 0 Å². The van der Waals surface area contributed by atoms with E-state index in [1.807, 2.05) is 18.3 Å². The lowest BCUT2D eigenvalue weighted by Crippen LogP contribution is -2.11. The first-order chi connectivity index (χ1) is 5.77. The van der Waals surface area contributed by atoms with Crippen LogP contribution in [0.5, 0.6) is 0 Å². The molecule has 0 unspecified atom stereocenters. The minimum atomic E-state index is 0.0493. The van der Waals surface area contributed by atoms with Crippen molar-refractivity contribution in [3.05, 3.63) is 28.5 Å². The Labute approximate surface area is 79.8 Å². The van der Waals surface area contributed by atoms with Crippen molar-refractivity contribution in [1.82, 2.24) is 4.98 Å². The lowest BCUT2D eigenvalue weighted by molar-refractivity contribution is 0.255. The third kappa shape index (κ3) is 1.27. The number of pyridine rings is 1. The van der Waals surface area contributed by atoms with Gasteiger partial charge in [0.25, 0.3) is 0 Å². The molecule has 0 atom stereocenters. The van der Waals surface area contributed by atoms with Gasteiger partial charge in [-0.1, -0.05) is 6.07 Å². The summed E-state index contributed by atoms with van der Waals surface area (Å²) >= 11 is 3.28. The predicted molar refractivity (Wildman–Crippen MR) is 49.9 cm³/mol. The van der Waals surface area contributed by atoms with Gasteiger partial charge in [-0.3, -0.25) is 0 Å². The monoisotopic (exact) mass is 227 g/mol. The third-order valence-electron chi connectivity index (χ3n) is 2.50. The molecule has 0 amide bonds. The number of rotatable bonds is 2. The van der Waals surface area contributed by atoms with E-state index >= 15 is 0 Å². The molecule has 0 spiro atoms. The van der Waals surface area contributed by atoms with E-state index in [0.717, 1.165) is 23.0 Å². The number of hydrogen-bond acceptors (Lipinski definition) is 2. The molecule has 1 saturated carbocycles. The zero-order valence-electron chi connectivity index (χ0n) is 6.63. The summed E-state index contributed by atoms with van der Waals surface area (Å²) in [6.07, 6.45) is 4.02. The van der Waals surface area contributed by atoms with E-state index in [2.05, 4.69) is 20.9 Å². The lowest BCUT2D eigenvalue weighted by Gasteiger charge is -2.10. The smallest absolute Gasteiger partial charge is 0.106 e. The van der Waals surface area contributed by atoms with Crippen molar-refractivity contribution in [1.29, 1.82) is 0 Å². The van der Waals surface area contributed by atoms with E-state index in [-0.39, 0.29) is 12.0 Å². The van der Waals surface area contributed by atoms with E-state index in [1.165, 1.54) is 0 Å². The van der Waals surface area contributed by atoms with Gasteiger partial charge in [0.2, 0.25) is 0 Å². The van der Waals surface area contributed by atoms with Crippen molar-refractivity contribution in [3.63, 3.8) is 0 Å². The normalized spacial score (nSPS) is 19.2. The Hall–Kier alpha value is -0.410. The second-order valence-corrected chi connectivity index (χ2v) is 4.12. The van der Waals surface area contributed by atoms with Gasteiger partial charge in [-0.05, 0) is 40.4 Å². The van der Waals surface area contributed by atoms with Crippen LogP contribution in [0.15, 0.2) is 22.9 Å². The minimum absolute atomic E-state index is 0.0493. The highest BCUT2D eigenvalue weighted by molar-refractivity contribution is 9.10. The van der Waals surface area contributed by atoms with Gasteiger partial charge in [-0.25, -0.2) is 4.98 Å². The number of aliphatic hydroxyl groups excluding tert-OH is 1. The summed E-state index contributed by atoms with van der Waals surface area (Å²) in [5, 5.41) is 9.14. The average molecular weight is 228 g/mol. The first kappa shape index (κ1) is 8.20. The van der Waals surface area contributed by atoms with Gasteiger partial charge in [0.15, 0.2) is 0 Å². The van der Waals surface area contributed by atoms with Gasteiger partial charge in [-0.2, -0.15) is 0 Å². The summed E-state index contributed by atoms with van der Waals surface area (Å²) in [4.78, 5) is 4.14. The highest BCUT2D eigenvalue weighted by atomic mass is 79.9. The number of hydrogen-bond donors (Lipinski definition) is 1. The van der Waals surface area contributed by atoms with Crippen molar-refractivity contribution < 1.29 is 5.11 Å². The van der Waals surface area contributed by atoms with Crippen LogP contribution in [0.25, 0.3) is 0 Å². The molecule has 1 aliphatic carbocycles. The topological polar surface area (TPSA) is 33.1 Å². The van der Waals surface area contributed by atoms with Gasteiger partial charge < -0.3 is 5.11 Å². The largest absolute Gasteiger partial charge is 0.395 e. The van der Waals surface area contributed by atoms with Gasteiger partial charge in [-0.15, -0.1) is 0 Å². The van der Waals surface area contributed by atoms with E-state index in [9.17, 15) is 0 Å². The number of nitrogens with zero attached hydrogens (tertiary/aromatic N) is 1. The van der Waals surface area contributed by atoms with E-state index < -0.39 is 0 Å². The van der Waals surface area contributed by atoms with Crippen LogP contribution in [0.4, 0.5) is 0 Å². The van der Waals surface area contributed by atoms with Crippen molar-refractivity contribution in [2.45, 2.75) is 18.3 Å². The molecule has 0 radical (unpaired) electrons. The molecular weight excluding hydrogens is 218 g/mol. The molecule has 2 nitrogen and oxygen atoms in total. The SMILES string of the molecule is OCC1(c2ccc(Br)nc2)CC1. The summed E-state index contributed by atoms with van der Waals surface area (Å²) in [5.41, 5.74) is 1.21. The molecule has 1 heterocycles. The molecule has 0 aromatic carbocycles. The molecule has 64 valence electrons. The first-order valence-electron chi connectivity index (χ1n) is 4.00.